The Bertz CT molecular complexity index is 93.4. The van der Waals surface area contributed by atoms with E-state index in [1.54, 1.807) is 0 Å². The molecule has 0 spiro atoms. The van der Waals surface area contributed by atoms with Gasteiger partial charge in [0.15, 0.2) is 0 Å². The molecule has 0 bridgehead atoms. The summed E-state index contributed by atoms with van der Waals surface area (Å²) in [5, 5.41) is 8.81. The van der Waals surface area contributed by atoms with Gasteiger partial charge in [-0.3, -0.25) is 0 Å². The molecule has 0 saturated carbocycles. The zero-order valence-corrected chi connectivity index (χ0v) is 10.1. The Balaban J connectivity index is 3.49. The largest absolute Gasteiger partial charge is 0.396 e. The van der Waals surface area contributed by atoms with Crippen molar-refractivity contribution in [2.75, 3.05) is 6.61 Å². The van der Waals surface area contributed by atoms with Crippen molar-refractivity contribution in [1.29, 1.82) is 0 Å². The van der Waals surface area contributed by atoms with Gasteiger partial charge in [-0.05, 0) is 18.8 Å². The number of hydrogen-bond donors (Lipinski definition) is 1. The first-order chi connectivity index (χ1) is 6.85. The third-order valence-electron chi connectivity index (χ3n) is 2.95. The lowest BCUT2D eigenvalue weighted by Gasteiger charge is -2.15. The molecule has 0 aliphatic carbocycles. The molecule has 0 aliphatic rings. The van der Waals surface area contributed by atoms with Crippen molar-refractivity contribution in [3.8, 4) is 0 Å². The maximum Gasteiger partial charge on any atom is 0.0431 e. The zero-order chi connectivity index (χ0) is 10.6. The van der Waals surface area contributed by atoms with Crippen LogP contribution >= 0.6 is 0 Å². The van der Waals surface area contributed by atoms with Crippen LogP contribution in [0.15, 0.2) is 0 Å². The van der Waals surface area contributed by atoms with Crippen molar-refractivity contribution < 1.29 is 5.11 Å². The van der Waals surface area contributed by atoms with E-state index in [1.165, 1.54) is 51.4 Å². The SMILES string of the molecule is CCCCCC(CCCC)CCCO. The number of hydrogen-bond acceptors (Lipinski definition) is 1. The maximum absolute atomic E-state index is 8.81. The summed E-state index contributed by atoms with van der Waals surface area (Å²) in [6.07, 6.45) is 11.7. The first-order valence-electron chi connectivity index (χ1n) is 6.46. The molecule has 0 aromatic carbocycles. The van der Waals surface area contributed by atoms with Gasteiger partial charge in [-0.25, -0.2) is 0 Å². The molecule has 0 saturated heterocycles. The van der Waals surface area contributed by atoms with E-state index in [1.807, 2.05) is 0 Å². The molecule has 1 nitrogen and oxygen atoms in total. The molecule has 1 unspecified atom stereocenters. The average molecular weight is 200 g/mol. The van der Waals surface area contributed by atoms with E-state index >= 15 is 0 Å². The molecule has 86 valence electrons. The Labute approximate surface area is 89.9 Å². The summed E-state index contributed by atoms with van der Waals surface area (Å²) in [5.41, 5.74) is 0. The smallest absolute Gasteiger partial charge is 0.0431 e. The van der Waals surface area contributed by atoms with Crippen LogP contribution in [-0.4, -0.2) is 11.7 Å². The molecule has 0 aromatic rings. The number of unbranched alkanes of at least 4 members (excludes halogenated alkanes) is 3. The van der Waals surface area contributed by atoms with Crippen molar-refractivity contribution in [3.63, 3.8) is 0 Å². The second-order valence-electron chi connectivity index (χ2n) is 4.37. The van der Waals surface area contributed by atoms with Gasteiger partial charge in [0.1, 0.15) is 0 Å². The Morgan fingerprint density at radius 2 is 1.36 bits per heavy atom. The van der Waals surface area contributed by atoms with Crippen LogP contribution in [0.5, 0.6) is 0 Å². The van der Waals surface area contributed by atoms with Crippen LogP contribution in [0.3, 0.4) is 0 Å². The van der Waals surface area contributed by atoms with E-state index in [0.717, 1.165) is 12.3 Å². The third kappa shape index (κ3) is 8.55. The topological polar surface area (TPSA) is 20.2 Å². The van der Waals surface area contributed by atoms with Gasteiger partial charge in [-0.15, -0.1) is 0 Å². The van der Waals surface area contributed by atoms with Crippen LogP contribution in [0.25, 0.3) is 0 Å². The molecular weight excluding hydrogens is 172 g/mol. The first-order valence-corrected chi connectivity index (χ1v) is 6.46. The van der Waals surface area contributed by atoms with Gasteiger partial charge >= 0.3 is 0 Å². The van der Waals surface area contributed by atoms with Crippen LogP contribution in [0.4, 0.5) is 0 Å². The van der Waals surface area contributed by atoms with Gasteiger partial charge in [0.05, 0.1) is 0 Å². The minimum Gasteiger partial charge on any atom is -0.396 e. The van der Waals surface area contributed by atoms with Gasteiger partial charge in [0.25, 0.3) is 0 Å². The van der Waals surface area contributed by atoms with Crippen molar-refractivity contribution in [2.24, 2.45) is 5.92 Å². The monoisotopic (exact) mass is 200 g/mol. The summed E-state index contributed by atoms with van der Waals surface area (Å²) < 4.78 is 0. The predicted molar refractivity (Wildman–Crippen MR) is 63.5 cm³/mol. The summed E-state index contributed by atoms with van der Waals surface area (Å²) in [7, 11) is 0. The molecule has 0 fully saturated rings. The standard InChI is InChI=1S/C13H28O/c1-3-5-7-10-13(9-6-4-2)11-8-12-14/h13-14H,3-12H2,1-2H3. The average Bonchev–Trinajstić information content (AvgIpc) is 2.21. The number of rotatable bonds is 10. The molecular formula is C13H28O. The Morgan fingerprint density at radius 3 is 1.93 bits per heavy atom. The van der Waals surface area contributed by atoms with Crippen LogP contribution in [0.1, 0.15) is 71.6 Å². The molecule has 0 aromatic heterocycles. The highest BCUT2D eigenvalue weighted by Crippen LogP contribution is 2.21. The minimum absolute atomic E-state index is 0.371. The van der Waals surface area contributed by atoms with Crippen LogP contribution in [0.2, 0.25) is 0 Å². The summed E-state index contributed by atoms with van der Waals surface area (Å²) in [6.45, 7) is 4.89. The number of aliphatic hydroxyl groups is 1. The fourth-order valence-corrected chi connectivity index (χ4v) is 1.99. The molecule has 0 heterocycles. The summed E-state index contributed by atoms with van der Waals surface area (Å²) in [4.78, 5) is 0. The van der Waals surface area contributed by atoms with Gasteiger partial charge in [-0.1, -0.05) is 58.8 Å². The fraction of sp³-hybridized carbons (Fsp3) is 1.00. The second-order valence-corrected chi connectivity index (χ2v) is 4.37. The molecule has 0 aliphatic heterocycles. The van der Waals surface area contributed by atoms with Gasteiger partial charge in [0, 0.05) is 6.61 Å². The second kappa shape index (κ2) is 11.0. The minimum atomic E-state index is 0.371. The lowest BCUT2D eigenvalue weighted by atomic mass is 9.91. The Hall–Kier alpha value is -0.0400. The highest BCUT2D eigenvalue weighted by molar-refractivity contribution is 4.60. The zero-order valence-electron chi connectivity index (χ0n) is 10.1. The van der Waals surface area contributed by atoms with Gasteiger partial charge in [-0.2, -0.15) is 0 Å². The van der Waals surface area contributed by atoms with E-state index < -0.39 is 0 Å². The lowest BCUT2D eigenvalue weighted by molar-refractivity contribution is 0.262. The van der Waals surface area contributed by atoms with Crippen molar-refractivity contribution in [2.45, 2.75) is 71.6 Å². The fourth-order valence-electron chi connectivity index (χ4n) is 1.99. The highest BCUT2D eigenvalue weighted by Gasteiger charge is 2.07. The molecule has 1 heteroatoms. The lowest BCUT2D eigenvalue weighted by Crippen LogP contribution is -2.02. The predicted octanol–water partition coefficient (Wildman–Crippen LogP) is 4.15. The first kappa shape index (κ1) is 14.0. The molecule has 0 amide bonds. The van der Waals surface area contributed by atoms with Crippen LogP contribution in [-0.2, 0) is 0 Å². The Kier molecular flexibility index (Phi) is 11.0. The molecule has 0 rings (SSSR count). The molecule has 14 heavy (non-hydrogen) atoms. The normalized spacial score (nSPS) is 13.1. The van der Waals surface area contributed by atoms with Crippen LogP contribution in [0, 0.1) is 5.92 Å². The summed E-state index contributed by atoms with van der Waals surface area (Å²) >= 11 is 0. The quantitative estimate of drug-likeness (QED) is 0.525. The third-order valence-corrected chi connectivity index (χ3v) is 2.95. The van der Waals surface area contributed by atoms with E-state index in [0.29, 0.717) is 6.61 Å². The van der Waals surface area contributed by atoms with Gasteiger partial charge in [0.2, 0.25) is 0 Å². The summed E-state index contributed by atoms with van der Waals surface area (Å²) in [6, 6.07) is 0. The highest BCUT2D eigenvalue weighted by atomic mass is 16.2. The van der Waals surface area contributed by atoms with E-state index in [-0.39, 0.29) is 0 Å². The molecule has 0 radical (unpaired) electrons. The van der Waals surface area contributed by atoms with E-state index in [2.05, 4.69) is 13.8 Å². The van der Waals surface area contributed by atoms with Crippen molar-refractivity contribution in [3.05, 3.63) is 0 Å². The van der Waals surface area contributed by atoms with Crippen LogP contribution < -0.4 is 0 Å². The maximum atomic E-state index is 8.81. The molecule has 1 atom stereocenters. The summed E-state index contributed by atoms with van der Waals surface area (Å²) in [5.74, 6) is 0.883. The van der Waals surface area contributed by atoms with Crippen molar-refractivity contribution in [1.82, 2.24) is 0 Å². The Morgan fingerprint density at radius 1 is 0.786 bits per heavy atom. The van der Waals surface area contributed by atoms with E-state index in [4.69, 9.17) is 5.11 Å². The molecule has 1 N–H and O–H groups in total. The number of aliphatic hydroxyl groups excluding tert-OH is 1. The van der Waals surface area contributed by atoms with E-state index in [9.17, 15) is 0 Å². The van der Waals surface area contributed by atoms with Gasteiger partial charge < -0.3 is 5.11 Å². The van der Waals surface area contributed by atoms with Crippen molar-refractivity contribution >= 4 is 0 Å².